The van der Waals surface area contributed by atoms with Gasteiger partial charge in [-0.05, 0) is 37.0 Å². The fraction of sp³-hybridized carbons (Fsp3) is 0.533. The first-order valence-corrected chi connectivity index (χ1v) is 7.72. The van der Waals surface area contributed by atoms with Crippen LogP contribution in [0.4, 0.5) is 0 Å². The maximum atomic E-state index is 12.4. The monoisotopic (exact) mass is 322 g/mol. The highest BCUT2D eigenvalue weighted by molar-refractivity contribution is 9.10. The zero-order valence-corrected chi connectivity index (χ0v) is 12.7. The molecule has 1 amide bonds. The van der Waals surface area contributed by atoms with Crippen molar-refractivity contribution < 1.29 is 4.79 Å². The van der Waals surface area contributed by atoms with E-state index < -0.39 is 0 Å². The summed E-state index contributed by atoms with van der Waals surface area (Å²) >= 11 is 3.45. The van der Waals surface area contributed by atoms with Gasteiger partial charge in [-0.1, -0.05) is 28.1 Å². The second-order valence-corrected chi connectivity index (χ2v) is 6.56. The maximum absolute atomic E-state index is 12.4. The standard InChI is InChI=1S/C15H19BrN2O/c1-10-9-18(7-6-17-10)15(19)14-8-13(14)11-2-4-12(16)5-3-11/h2-5,10,13-14,17H,6-9H2,1H3. The number of carbonyl (C=O) groups is 1. The first-order chi connectivity index (χ1) is 9.15. The largest absolute Gasteiger partial charge is 0.340 e. The topological polar surface area (TPSA) is 32.3 Å². The van der Waals surface area contributed by atoms with Crippen molar-refractivity contribution in [1.82, 2.24) is 10.2 Å². The fourth-order valence-electron chi connectivity index (χ4n) is 2.91. The second kappa shape index (κ2) is 5.25. The first kappa shape index (κ1) is 13.1. The minimum Gasteiger partial charge on any atom is -0.340 e. The molecule has 0 bridgehead atoms. The van der Waals surface area contributed by atoms with E-state index >= 15 is 0 Å². The van der Waals surface area contributed by atoms with Crippen LogP contribution in [-0.2, 0) is 4.79 Å². The van der Waals surface area contributed by atoms with E-state index in [0.717, 1.165) is 30.5 Å². The Bertz CT molecular complexity index is 474. The van der Waals surface area contributed by atoms with Crippen molar-refractivity contribution in [1.29, 1.82) is 0 Å². The molecule has 4 heteroatoms. The molecule has 1 aliphatic carbocycles. The Balaban J connectivity index is 1.62. The molecule has 3 nitrogen and oxygen atoms in total. The number of hydrogen-bond donors (Lipinski definition) is 1. The highest BCUT2D eigenvalue weighted by Gasteiger charge is 2.46. The third-order valence-electron chi connectivity index (χ3n) is 4.09. The Morgan fingerprint density at radius 1 is 1.37 bits per heavy atom. The number of rotatable bonds is 2. The zero-order chi connectivity index (χ0) is 13.4. The van der Waals surface area contributed by atoms with Crippen molar-refractivity contribution in [3.63, 3.8) is 0 Å². The summed E-state index contributed by atoms with van der Waals surface area (Å²) in [6.45, 7) is 4.76. The molecule has 1 saturated heterocycles. The van der Waals surface area contributed by atoms with Crippen LogP contribution in [0.25, 0.3) is 0 Å². The molecule has 0 spiro atoms. The third-order valence-corrected chi connectivity index (χ3v) is 4.61. The number of nitrogens with zero attached hydrogens (tertiary/aromatic N) is 1. The summed E-state index contributed by atoms with van der Waals surface area (Å²) in [6, 6.07) is 8.79. The Morgan fingerprint density at radius 2 is 2.11 bits per heavy atom. The quantitative estimate of drug-likeness (QED) is 0.906. The Kier molecular flexibility index (Phi) is 3.63. The Hall–Kier alpha value is -0.870. The molecule has 1 N–H and O–H groups in total. The minimum absolute atomic E-state index is 0.214. The van der Waals surface area contributed by atoms with E-state index in [1.807, 2.05) is 4.90 Å². The van der Waals surface area contributed by atoms with E-state index in [1.165, 1.54) is 5.56 Å². The van der Waals surface area contributed by atoms with Crippen molar-refractivity contribution in [2.75, 3.05) is 19.6 Å². The lowest BCUT2D eigenvalue weighted by Gasteiger charge is -2.32. The van der Waals surface area contributed by atoms with Crippen LogP contribution in [0.5, 0.6) is 0 Å². The minimum atomic E-state index is 0.214. The van der Waals surface area contributed by atoms with Crippen LogP contribution in [0, 0.1) is 5.92 Å². The highest BCUT2D eigenvalue weighted by Crippen LogP contribution is 2.48. The van der Waals surface area contributed by atoms with E-state index in [9.17, 15) is 4.79 Å². The molecule has 102 valence electrons. The van der Waals surface area contributed by atoms with Crippen LogP contribution in [0.3, 0.4) is 0 Å². The summed E-state index contributed by atoms with van der Waals surface area (Å²) in [7, 11) is 0. The molecule has 1 aromatic carbocycles. The summed E-state index contributed by atoms with van der Waals surface area (Å²) in [4.78, 5) is 14.5. The van der Waals surface area contributed by atoms with Gasteiger partial charge < -0.3 is 10.2 Å². The predicted octanol–water partition coefficient (Wildman–Crippen LogP) is 2.37. The zero-order valence-electron chi connectivity index (χ0n) is 11.1. The van der Waals surface area contributed by atoms with Gasteiger partial charge in [-0.25, -0.2) is 0 Å². The molecule has 1 saturated carbocycles. The van der Waals surface area contributed by atoms with Crippen molar-refractivity contribution in [3.8, 4) is 0 Å². The van der Waals surface area contributed by atoms with Crippen molar-refractivity contribution >= 4 is 21.8 Å². The maximum Gasteiger partial charge on any atom is 0.226 e. The van der Waals surface area contributed by atoms with Crippen molar-refractivity contribution in [2.45, 2.75) is 25.3 Å². The van der Waals surface area contributed by atoms with E-state index in [4.69, 9.17) is 0 Å². The normalized spacial score (nSPS) is 30.2. The molecule has 3 atom stereocenters. The number of carbonyl (C=O) groups excluding carboxylic acids is 1. The summed E-state index contributed by atoms with van der Waals surface area (Å²) in [5.74, 6) is 0.999. The number of benzene rings is 1. The van der Waals surface area contributed by atoms with Crippen LogP contribution in [0.2, 0.25) is 0 Å². The van der Waals surface area contributed by atoms with Gasteiger partial charge in [-0.3, -0.25) is 4.79 Å². The van der Waals surface area contributed by atoms with Crippen molar-refractivity contribution in [3.05, 3.63) is 34.3 Å². The summed E-state index contributed by atoms with van der Waals surface area (Å²) in [5, 5.41) is 3.38. The highest BCUT2D eigenvalue weighted by atomic mass is 79.9. The van der Waals surface area contributed by atoms with Gasteiger partial charge in [0.15, 0.2) is 0 Å². The van der Waals surface area contributed by atoms with Gasteiger partial charge in [-0.2, -0.15) is 0 Å². The smallest absolute Gasteiger partial charge is 0.226 e. The molecule has 19 heavy (non-hydrogen) atoms. The molecule has 1 heterocycles. The van der Waals surface area contributed by atoms with Gasteiger partial charge in [-0.15, -0.1) is 0 Å². The summed E-state index contributed by atoms with van der Waals surface area (Å²) < 4.78 is 1.09. The number of nitrogens with one attached hydrogen (secondary N) is 1. The third kappa shape index (κ3) is 2.84. The van der Waals surface area contributed by atoms with Gasteiger partial charge in [0.05, 0.1) is 0 Å². The van der Waals surface area contributed by atoms with Gasteiger partial charge >= 0.3 is 0 Å². The number of hydrogen-bond acceptors (Lipinski definition) is 2. The van der Waals surface area contributed by atoms with E-state index in [2.05, 4.69) is 52.4 Å². The Labute approximate surface area is 122 Å². The van der Waals surface area contributed by atoms with Crippen LogP contribution >= 0.6 is 15.9 Å². The van der Waals surface area contributed by atoms with Gasteiger partial charge in [0, 0.05) is 36.1 Å². The molecular weight excluding hydrogens is 304 g/mol. The Morgan fingerprint density at radius 3 is 2.79 bits per heavy atom. The van der Waals surface area contributed by atoms with E-state index in [-0.39, 0.29) is 5.92 Å². The molecule has 2 aliphatic rings. The van der Waals surface area contributed by atoms with Crippen LogP contribution in [0.1, 0.15) is 24.8 Å². The summed E-state index contributed by atoms with van der Waals surface area (Å²) in [6.07, 6.45) is 1.01. The van der Waals surface area contributed by atoms with Gasteiger partial charge in [0.25, 0.3) is 0 Å². The van der Waals surface area contributed by atoms with Crippen LogP contribution in [0.15, 0.2) is 28.7 Å². The second-order valence-electron chi connectivity index (χ2n) is 5.64. The molecule has 1 aliphatic heterocycles. The molecular formula is C15H19BrN2O. The lowest BCUT2D eigenvalue weighted by Crippen LogP contribution is -2.51. The average Bonchev–Trinajstić information content (AvgIpc) is 3.19. The first-order valence-electron chi connectivity index (χ1n) is 6.93. The van der Waals surface area contributed by atoms with E-state index in [1.54, 1.807) is 0 Å². The number of halogens is 1. The molecule has 3 unspecified atom stereocenters. The average molecular weight is 323 g/mol. The van der Waals surface area contributed by atoms with Gasteiger partial charge in [0.2, 0.25) is 5.91 Å². The fourth-order valence-corrected chi connectivity index (χ4v) is 3.18. The van der Waals surface area contributed by atoms with Gasteiger partial charge in [0.1, 0.15) is 0 Å². The molecule has 0 aromatic heterocycles. The number of piperazine rings is 1. The SMILES string of the molecule is CC1CN(C(=O)C2CC2c2ccc(Br)cc2)CCN1. The lowest BCUT2D eigenvalue weighted by molar-refractivity contribution is -0.133. The summed E-state index contributed by atoms with van der Waals surface area (Å²) in [5.41, 5.74) is 1.30. The van der Waals surface area contributed by atoms with Crippen LogP contribution in [-0.4, -0.2) is 36.5 Å². The number of amides is 1. The lowest BCUT2D eigenvalue weighted by atomic mass is 10.1. The predicted molar refractivity (Wildman–Crippen MR) is 79.0 cm³/mol. The molecule has 3 rings (SSSR count). The van der Waals surface area contributed by atoms with E-state index in [0.29, 0.717) is 17.9 Å². The molecule has 1 aromatic rings. The van der Waals surface area contributed by atoms with Crippen molar-refractivity contribution in [2.24, 2.45) is 5.92 Å². The molecule has 2 fully saturated rings. The van der Waals surface area contributed by atoms with Crippen LogP contribution < -0.4 is 5.32 Å². The molecule has 0 radical (unpaired) electrons.